The van der Waals surface area contributed by atoms with Gasteiger partial charge in [-0.25, -0.2) is 9.78 Å². The first-order valence-corrected chi connectivity index (χ1v) is 11.6. The van der Waals surface area contributed by atoms with E-state index in [1.165, 1.54) is 7.11 Å². The van der Waals surface area contributed by atoms with Crippen molar-refractivity contribution in [1.82, 2.24) is 20.2 Å². The van der Waals surface area contributed by atoms with E-state index in [0.717, 1.165) is 28.1 Å². The Hall–Kier alpha value is -3.85. The summed E-state index contributed by atoms with van der Waals surface area (Å²) in [6.07, 6.45) is 0.810. The van der Waals surface area contributed by atoms with Crippen molar-refractivity contribution in [3.05, 3.63) is 60.6 Å². The summed E-state index contributed by atoms with van der Waals surface area (Å²) < 4.78 is 4.68. The average Bonchev–Trinajstić information content (AvgIpc) is 3.49. The van der Waals surface area contributed by atoms with Gasteiger partial charge >= 0.3 is 6.09 Å². The fourth-order valence-corrected chi connectivity index (χ4v) is 4.36. The number of hydrogen-bond donors (Lipinski definition) is 4. The smallest absolute Gasteiger partial charge is 0.407 e. The molecule has 0 saturated carbocycles. The van der Waals surface area contributed by atoms with Crippen molar-refractivity contribution in [1.29, 1.82) is 0 Å². The molecule has 3 atom stereocenters. The van der Waals surface area contributed by atoms with Gasteiger partial charge in [0.25, 0.3) is 0 Å². The van der Waals surface area contributed by atoms with Gasteiger partial charge in [0.05, 0.1) is 24.9 Å². The van der Waals surface area contributed by atoms with Crippen LogP contribution in [0.1, 0.15) is 32.1 Å². The number of alkyl carbamates (subject to hydrolysis) is 1. The maximum atomic E-state index is 13.3. The van der Waals surface area contributed by atoms with E-state index < -0.39 is 24.3 Å². The molecule has 0 aliphatic carbocycles. The Bertz CT molecular complexity index is 1170. The number of aromatic amines is 1. The molecule has 0 bridgehead atoms. The summed E-state index contributed by atoms with van der Waals surface area (Å²) in [5, 5.41) is 13.0. The molecule has 1 saturated heterocycles. The molecule has 1 aromatic heterocycles. The summed E-state index contributed by atoms with van der Waals surface area (Å²) in [5.74, 6) is 0.151. The van der Waals surface area contributed by atoms with E-state index in [1.807, 2.05) is 62.4 Å². The number of rotatable bonds is 6. The number of nitrogen functional groups attached to an aromatic ring is 1. The van der Waals surface area contributed by atoms with Crippen LogP contribution in [-0.4, -0.2) is 57.8 Å². The molecular formula is C26H31N5O4. The van der Waals surface area contributed by atoms with E-state index in [4.69, 9.17) is 10.7 Å². The predicted octanol–water partition coefficient (Wildman–Crippen LogP) is 3.34. The van der Waals surface area contributed by atoms with Gasteiger partial charge in [-0.15, -0.1) is 0 Å². The third-order valence-electron chi connectivity index (χ3n) is 6.29. The monoisotopic (exact) mass is 477 g/mol. The molecule has 3 aromatic rings. The van der Waals surface area contributed by atoms with Crippen molar-refractivity contribution >= 4 is 17.7 Å². The number of hydrogen-bond acceptors (Lipinski definition) is 6. The predicted molar refractivity (Wildman–Crippen MR) is 133 cm³/mol. The summed E-state index contributed by atoms with van der Waals surface area (Å²) >= 11 is 0. The Morgan fingerprint density at radius 1 is 1.11 bits per heavy atom. The molecule has 2 heterocycles. The van der Waals surface area contributed by atoms with Gasteiger partial charge in [-0.05, 0) is 29.2 Å². The van der Waals surface area contributed by atoms with E-state index >= 15 is 0 Å². The van der Waals surface area contributed by atoms with Crippen molar-refractivity contribution in [2.75, 3.05) is 19.4 Å². The summed E-state index contributed by atoms with van der Waals surface area (Å²) in [6.45, 7) is 3.86. The largest absolute Gasteiger partial charge is 0.453 e. The number of imidazole rings is 1. The Kier molecular flexibility index (Phi) is 7.07. The Morgan fingerprint density at radius 2 is 1.71 bits per heavy atom. The van der Waals surface area contributed by atoms with Crippen LogP contribution in [0.2, 0.25) is 0 Å². The molecule has 9 heteroatoms. The second kappa shape index (κ2) is 10.2. The number of β-amino-alcohol motifs (C(OH)–C–C–N with tert-alkyl or cyclic N) is 1. The van der Waals surface area contributed by atoms with Gasteiger partial charge in [0.15, 0.2) is 0 Å². The van der Waals surface area contributed by atoms with Crippen LogP contribution in [0.25, 0.3) is 22.4 Å². The number of nitrogens with zero attached hydrogens (tertiary/aromatic N) is 2. The molecule has 35 heavy (non-hydrogen) atoms. The number of anilines is 1. The van der Waals surface area contributed by atoms with Crippen molar-refractivity contribution in [2.24, 2.45) is 5.92 Å². The minimum absolute atomic E-state index is 0.160. The van der Waals surface area contributed by atoms with E-state index in [1.54, 1.807) is 11.1 Å². The SMILES string of the molecule is COC(=O)NC(C(=O)N1C[C@@H](O)C[C@H]1c1nc(-c2ccc(-c3ccc(N)cc3)cc2)c[nH]1)C(C)C. The number of carbonyl (C=O) groups excluding carboxylic acids is 2. The lowest BCUT2D eigenvalue weighted by Crippen LogP contribution is -2.51. The molecule has 9 nitrogen and oxygen atoms in total. The fraction of sp³-hybridized carbons (Fsp3) is 0.346. The standard InChI is InChI=1S/C26H31N5O4/c1-15(2)23(30-26(34)35-3)25(33)31-14-20(32)12-22(31)24-28-13-21(29-24)18-6-4-16(5-7-18)17-8-10-19(27)11-9-17/h4-11,13,15,20,22-23,32H,12,14,27H2,1-3H3,(H,28,29)(H,30,34)/t20-,22-,23?/m0/s1. The second-order valence-corrected chi connectivity index (χ2v) is 9.12. The highest BCUT2D eigenvalue weighted by Crippen LogP contribution is 2.33. The number of aliphatic hydroxyl groups is 1. The molecule has 2 amide bonds. The molecule has 5 N–H and O–H groups in total. The number of amides is 2. The number of likely N-dealkylation sites (tertiary alicyclic amines) is 1. The van der Waals surface area contributed by atoms with Crippen LogP contribution in [0.15, 0.2) is 54.7 Å². The quantitative estimate of drug-likeness (QED) is 0.403. The van der Waals surface area contributed by atoms with Crippen LogP contribution in [0.3, 0.4) is 0 Å². The van der Waals surface area contributed by atoms with Crippen LogP contribution >= 0.6 is 0 Å². The van der Waals surface area contributed by atoms with E-state index in [-0.39, 0.29) is 18.4 Å². The minimum Gasteiger partial charge on any atom is -0.453 e. The van der Waals surface area contributed by atoms with Crippen LogP contribution < -0.4 is 11.1 Å². The van der Waals surface area contributed by atoms with Crippen LogP contribution in [0.5, 0.6) is 0 Å². The minimum atomic E-state index is -0.773. The van der Waals surface area contributed by atoms with Gasteiger partial charge in [-0.1, -0.05) is 50.2 Å². The Labute approximate surface area is 204 Å². The zero-order chi connectivity index (χ0) is 25.1. The van der Waals surface area contributed by atoms with Crippen LogP contribution in [0, 0.1) is 5.92 Å². The highest BCUT2D eigenvalue weighted by molar-refractivity contribution is 5.86. The number of aromatic nitrogens is 2. The highest BCUT2D eigenvalue weighted by atomic mass is 16.5. The summed E-state index contributed by atoms with van der Waals surface area (Å²) in [6, 6.07) is 14.5. The number of nitrogens with one attached hydrogen (secondary N) is 2. The number of benzene rings is 2. The second-order valence-electron chi connectivity index (χ2n) is 9.12. The van der Waals surface area contributed by atoms with E-state index in [2.05, 4.69) is 15.0 Å². The summed E-state index contributed by atoms with van der Waals surface area (Å²) in [5.41, 5.74) is 10.3. The average molecular weight is 478 g/mol. The van der Waals surface area contributed by atoms with E-state index in [0.29, 0.717) is 12.2 Å². The van der Waals surface area contributed by atoms with E-state index in [9.17, 15) is 14.7 Å². The van der Waals surface area contributed by atoms with Gasteiger partial charge in [-0.3, -0.25) is 4.79 Å². The van der Waals surface area contributed by atoms with Crippen molar-refractivity contribution in [2.45, 2.75) is 38.5 Å². The lowest BCUT2D eigenvalue weighted by molar-refractivity contribution is -0.135. The van der Waals surface area contributed by atoms with Crippen molar-refractivity contribution in [3.63, 3.8) is 0 Å². The third kappa shape index (κ3) is 5.30. The van der Waals surface area contributed by atoms with Gasteiger partial charge in [0, 0.05) is 30.4 Å². The fourth-order valence-electron chi connectivity index (χ4n) is 4.36. The topological polar surface area (TPSA) is 134 Å². The summed E-state index contributed by atoms with van der Waals surface area (Å²) in [4.78, 5) is 34.6. The van der Waals surface area contributed by atoms with Crippen molar-refractivity contribution in [3.8, 4) is 22.4 Å². The first kappa shape index (κ1) is 24.3. The third-order valence-corrected chi connectivity index (χ3v) is 6.29. The first-order valence-electron chi connectivity index (χ1n) is 11.6. The number of H-pyrrole nitrogens is 1. The number of carbonyl (C=O) groups is 2. The van der Waals surface area contributed by atoms with Gasteiger partial charge in [0.2, 0.25) is 5.91 Å². The number of aliphatic hydroxyl groups excluding tert-OH is 1. The normalized spacial score (nSPS) is 18.5. The van der Waals surface area contributed by atoms with Gasteiger partial charge in [0.1, 0.15) is 11.9 Å². The molecule has 0 spiro atoms. The maximum Gasteiger partial charge on any atom is 0.407 e. The molecule has 2 aromatic carbocycles. The molecule has 1 fully saturated rings. The first-order chi connectivity index (χ1) is 16.8. The zero-order valence-corrected chi connectivity index (χ0v) is 20.1. The van der Waals surface area contributed by atoms with Gasteiger partial charge < -0.3 is 30.8 Å². The Morgan fingerprint density at radius 3 is 2.31 bits per heavy atom. The van der Waals surface area contributed by atoms with Gasteiger partial charge in [-0.2, -0.15) is 0 Å². The maximum absolute atomic E-state index is 13.3. The van der Waals surface area contributed by atoms with Crippen LogP contribution in [-0.2, 0) is 9.53 Å². The number of methoxy groups -OCH3 is 1. The highest BCUT2D eigenvalue weighted by Gasteiger charge is 2.41. The Balaban J connectivity index is 1.54. The molecule has 184 valence electrons. The molecule has 1 aliphatic heterocycles. The molecule has 1 aliphatic rings. The summed E-state index contributed by atoms with van der Waals surface area (Å²) in [7, 11) is 1.26. The molecule has 0 radical (unpaired) electrons. The lowest BCUT2D eigenvalue weighted by atomic mass is 10.0. The van der Waals surface area contributed by atoms with Crippen molar-refractivity contribution < 1.29 is 19.4 Å². The molecule has 4 rings (SSSR count). The lowest BCUT2D eigenvalue weighted by Gasteiger charge is -2.29. The molecular weight excluding hydrogens is 446 g/mol. The molecule has 1 unspecified atom stereocenters. The number of nitrogens with two attached hydrogens (primary N) is 1. The zero-order valence-electron chi connectivity index (χ0n) is 20.1. The van der Waals surface area contributed by atoms with Crippen LogP contribution in [0.4, 0.5) is 10.5 Å². The number of ether oxygens (including phenoxy) is 1.